The molecular formula is C15H22ClN3. The molecule has 0 aromatic heterocycles. The van der Waals surface area contributed by atoms with E-state index in [0.717, 1.165) is 51.0 Å². The third-order valence-corrected chi connectivity index (χ3v) is 3.79. The summed E-state index contributed by atoms with van der Waals surface area (Å²) in [6, 6.07) is 10.3. The normalized spacial score (nSPS) is 16.6. The van der Waals surface area contributed by atoms with Gasteiger partial charge in [0.25, 0.3) is 0 Å². The Kier molecular flexibility index (Phi) is 6.86. The second kappa shape index (κ2) is 8.16. The van der Waals surface area contributed by atoms with Gasteiger partial charge in [-0.25, -0.2) is 0 Å². The van der Waals surface area contributed by atoms with Gasteiger partial charge in [0.05, 0.1) is 11.6 Å². The zero-order chi connectivity index (χ0) is 12.8. The SMILES string of the molecule is Cl.N#Cc1ccccc1C1CCN(CCCN)CC1. The lowest BCUT2D eigenvalue weighted by Crippen LogP contribution is -2.34. The summed E-state index contributed by atoms with van der Waals surface area (Å²) in [5.41, 5.74) is 7.62. The maximum atomic E-state index is 9.14. The molecule has 1 saturated heterocycles. The highest BCUT2D eigenvalue weighted by Crippen LogP contribution is 2.29. The number of nitrogens with two attached hydrogens (primary N) is 1. The highest BCUT2D eigenvalue weighted by Gasteiger charge is 2.21. The molecule has 104 valence electrons. The standard InChI is InChI=1S/C15H21N3.ClH/c16-8-3-9-18-10-6-13(7-11-18)15-5-2-1-4-14(15)12-17;/h1-2,4-5,13H,3,6-11,16H2;1H. The molecular weight excluding hydrogens is 258 g/mol. The summed E-state index contributed by atoms with van der Waals surface area (Å²) in [6.07, 6.45) is 3.39. The molecule has 1 aromatic rings. The predicted molar refractivity (Wildman–Crippen MR) is 80.5 cm³/mol. The Labute approximate surface area is 121 Å². The lowest BCUT2D eigenvalue weighted by molar-refractivity contribution is 0.211. The molecule has 4 heteroatoms. The van der Waals surface area contributed by atoms with E-state index in [9.17, 15) is 0 Å². The van der Waals surface area contributed by atoms with E-state index in [-0.39, 0.29) is 12.4 Å². The number of rotatable bonds is 4. The first kappa shape index (κ1) is 16.0. The van der Waals surface area contributed by atoms with Crippen LogP contribution in [0.15, 0.2) is 24.3 Å². The molecule has 19 heavy (non-hydrogen) atoms. The first-order valence-corrected chi connectivity index (χ1v) is 6.76. The highest BCUT2D eigenvalue weighted by atomic mass is 35.5. The summed E-state index contributed by atoms with van der Waals surface area (Å²) >= 11 is 0. The van der Waals surface area contributed by atoms with Crippen molar-refractivity contribution in [3.8, 4) is 6.07 Å². The maximum Gasteiger partial charge on any atom is 0.0994 e. The van der Waals surface area contributed by atoms with Crippen LogP contribution in [0.25, 0.3) is 0 Å². The summed E-state index contributed by atoms with van der Waals surface area (Å²) in [6.45, 7) is 4.15. The van der Waals surface area contributed by atoms with Crippen LogP contribution < -0.4 is 5.73 Å². The molecule has 1 aliphatic rings. The fourth-order valence-electron chi connectivity index (χ4n) is 2.74. The minimum absolute atomic E-state index is 0. The van der Waals surface area contributed by atoms with E-state index in [1.165, 1.54) is 5.56 Å². The molecule has 0 radical (unpaired) electrons. The highest BCUT2D eigenvalue weighted by molar-refractivity contribution is 5.85. The molecule has 0 aliphatic carbocycles. The van der Waals surface area contributed by atoms with Gasteiger partial charge in [-0.05, 0) is 63.0 Å². The van der Waals surface area contributed by atoms with Crippen LogP contribution in [0.5, 0.6) is 0 Å². The van der Waals surface area contributed by atoms with E-state index in [0.29, 0.717) is 5.92 Å². The van der Waals surface area contributed by atoms with Crippen molar-refractivity contribution in [2.75, 3.05) is 26.2 Å². The monoisotopic (exact) mass is 279 g/mol. The van der Waals surface area contributed by atoms with Crippen LogP contribution in [0.1, 0.15) is 36.3 Å². The summed E-state index contributed by atoms with van der Waals surface area (Å²) in [5, 5.41) is 9.14. The van der Waals surface area contributed by atoms with Crippen molar-refractivity contribution in [3.63, 3.8) is 0 Å². The Morgan fingerprint density at radius 2 is 1.95 bits per heavy atom. The van der Waals surface area contributed by atoms with E-state index in [1.54, 1.807) is 0 Å². The number of likely N-dealkylation sites (tertiary alicyclic amines) is 1. The Morgan fingerprint density at radius 3 is 2.58 bits per heavy atom. The molecule has 0 saturated carbocycles. The smallest absolute Gasteiger partial charge is 0.0994 e. The van der Waals surface area contributed by atoms with E-state index in [4.69, 9.17) is 11.0 Å². The molecule has 0 atom stereocenters. The predicted octanol–water partition coefficient (Wildman–Crippen LogP) is 2.51. The third-order valence-electron chi connectivity index (χ3n) is 3.79. The number of hydrogen-bond donors (Lipinski definition) is 1. The van der Waals surface area contributed by atoms with Crippen molar-refractivity contribution in [2.24, 2.45) is 5.73 Å². The molecule has 0 amide bonds. The van der Waals surface area contributed by atoms with Gasteiger partial charge in [0.1, 0.15) is 0 Å². The lowest BCUT2D eigenvalue weighted by atomic mass is 9.87. The van der Waals surface area contributed by atoms with Crippen LogP contribution in [0.3, 0.4) is 0 Å². The molecule has 0 bridgehead atoms. The Bertz CT molecular complexity index is 420. The second-order valence-corrected chi connectivity index (χ2v) is 4.96. The minimum atomic E-state index is 0. The molecule has 0 unspecified atom stereocenters. The van der Waals surface area contributed by atoms with Gasteiger partial charge < -0.3 is 10.6 Å². The Hall–Kier alpha value is -1.08. The van der Waals surface area contributed by atoms with Gasteiger partial charge in [-0.15, -0.1) is 12.4 Å². The van der Waals surface area contributed by atoms with Crippen LogP contribution in [0.2, 0.25) is 0 Å². The van der Waals surface area contributed by atoms with Gasteiger partial charge in [0.2, 0.25) is 0 Å². The Balaban J connectivity index is 0.00000180. The number of nitrogens with zero attached hydrogens (tertiary/aromatic N) is 2. The van der Waals surface area contributed by atoms with Gasteiger partial charge in [0.15, 0.2) is 0 Å². The number of benzene rings is 1. The summed E-state index contributed by atoms with van der Waals surface area (Å²) in [4.78, 5) is 2.48. The van der Waals surface area contributed by atoms with E-state index in [1.807, 2.05) is 18.2 Å². The van der Waals surface area contributed by atoms with Crippen molar-refractivity contribution < 1.29 is 0 Å². The number of nitriles is 1. The molecule has 1 fully saturated rings. The lowest BCUT2D eigenvalue weighted by Gasteiger charge is -2.32. The van der Waals surface area contributed by atoms with Gasteiger partial charge in [-0.2, -0.15) is 5.26 Å². The minimum Gasteiger partial charge on any atom is -0.330 e. The topological polar surface area (TPSA) is 53.0 Å². The van der Waals surface area contributed by atoms with Gasteiger partial charge >= 0.3 is 0 Å². The molecule has 3 nitrogen and oxygen atoms in total. The van der Waals surface area contributed by atoms with Crippen molar-refractivity contribution in [1.29, 1.82) is 5.26 Å². The first-order valence-electron chi connectivity index (χ1n) is 6.76. The molecule has 0 spiro atoms. The Morgan fingerprint density at radius 1 is 1.26 bits per heavy atom. The maximum absolute atomic E-state index is 9.14. The van der Waals surface area contributed by atoms with Crippen molar-refractivity contribution in [1.82, 2.24) is 4.90 Å². The van der Waals surface area contributed by atoms with E-state index >= 15 is 0 Å². The summed E-state index contributed by atoms with van der Waals surface area (Å²) in [5.74, 6) is 0.551. The largest absolute Gasteiger partial charge is 0.330 e. The van der Waals surface area contributed by atoms with Crippen molar-refractivity contribution in [2.45, 2.75) is 25.2 Å². The number of piperidine rings is 1. The van der Waals surface area contributed by atoms with Crippen LogP contribution in [-0.2, 0) is 0 Å². The third kappa shape index (κ3) is 4.21. The van der Waals surface area contributed by atoms with Crippen LogP contribution in [0.4, 0.5) is 0 Å². The zero-order valence-corrected chi connectivity index (χ0v) is 12.0. The van der Waals surface area contributed by atoms with Crippen molar-refractivity contribution >= 4 is 12.4 Å². The van der Waals surface area contributed by atoms with E-state index < -0.39 is 0 Å². The molecule has 2 N–H and O–H groups in total. The number of hydrogen-bond acceptors (Lipinski definition) is 3. The first-order chi connectivity index (χ1) is 8.85. The molecule has 1 aliphatic heterocycles. The average Bonchev–Trinajstić information content (AvgIpc) is 2.45. The summed E-state index contributed by atoms with van der Waals surface area (Å²) in [7, 11) is 0. The number of halogens is 1. The van der Waals surface area contributed by atoms with Crippen LogP contribution in [0, 0.1) is 11.3 Å². The van der Waals surface area contributed by atoms with Gasteiger partial charge in [-0.3, -0.25) is 0 Å². The van der Waals surface area contributed by atoms with Crippen LogP contribution >= 0.6 is 12.4 Å². The van der Waals surface area contributed by atoms with E-state index in [2.05, 4.69) is 17.0 Å². The molecule has 2 rings (SSSR count). The average molecular weight is 280 g/mol. The summed E-state index contributed by atoms with van der Waals surface area (Å²) < 4.78 is 0. The van der Waals surface area contributed by atoms with Crippen LogP contribution in [-0.4, -0.2) is 31.1 Å². The van der Waals surface area contributed by atoms with Gasteiger partial charge in [-0.1, -0.05) is 18.2 Å². The second-order valence-electron chi connectivity index (χ2n) is 4.96. The fourth-order valence-corrected chi connectivity index (χ4v) is 2.74. The molecule has 1 heterocycles. The molecule has 1 aromatic carbocycles. The van der Waals surface area contributed by atoms with Gasteiger partial charge in [0, 0.05) is 0 Å². The van der Waals surface area contributed by atoms with Crippen molar-refractivity contribution in [3.05, 3.63) is 35.4 Å². The fraction of sp³-hybridized carbons (Fsp3) is 0.533. The quantitative estimate of drug-likeness (QED) is 0.921. The zero-order valence-electron chi connectivity index (χ0n) is 11.2.